The zero-order valence-electron chi connectivity index (χ0n) is 15.6. The molecule has 1 amide bonds. The second-order valence-corrected chi connectivity index (χ2v) is 9.07. The Morgan fingerprint density at radius 1 is 1.10 bits per heavy atom. The van der Waals surface area contributed by atoms with Crippen LogP contribution in [0.1, 0.15) is 10.4 Å². The third-order valence-corrected chi connectivity index (χ3v) is 6.67. The number of carbonyl (C=O) groups excluding carboxylic acids is 2. The van der Waals surface area contributed by atoms with Gasteiger partial charge in [-0.15, -0.1) is 0 Å². The van der Waals surface area contributed by atoms with Gasteiger partial charge in [-0.3, -0.25) is 4.79 Å². The largest absolute Gasteiger partial charge is 0.452 e. The number of nitrogens with zero attached hydrogens (tertiary/aromatic N) is 1. The predicted octanol–water partition coefficient (Wildman–Crippen LogP) is 2.81. The number of hydrogen-bond acceptors (Lipinski definition) is 6. The van der Waals surface area contributed by atoms with Crippen molar-refractivity contribution < 1.29 is 27.5 Å². The molecule has 1 saturated heterocycles. The van der Waals surface area contributed by atoms with Crippen molar-refractivity contribution in [1.82, 2.24) is 4.31 Å². The van der Waals surface area contributed by atoms with Crippen LogP contribution in [-0.2, 0) is 24.3 Å². The van der Waals surface area contributed by atoms with Gasteiger partial charge in [-0.1, -0.05) is 29.3 Å². The van der Waals surface area contributed by atoms with E-state index in [9.17, 15) is 18.0 Å². The highest BCUT2D eigenvalue weighted by atomic mass is 35.5. The summed E-state index contributed by atoms with van der Waals surface area (Å²) in [5.41, 5.74) is 0.293. The maximum absolute atomic E-state index is 12.7. The third kappa shape index (κ3) is 5.50. The monoisotopic (exact) mass is 472 g/mol. The Morgan fingerprint density at radius 3 is 2.57 bits per heavy atom. The normalized spacial score (nSPS) is 14.9. The van der Waals surface area contributed by atoms with E-state index in [4.69, 9.17) is 32.7 Å². The van der Waals surface area contributed by atoms with Crippen LogP contribution in [0.2, 0.25) is 10.0 Å². The highest BCUT2D eigenvalue weighted by Crippen LogP contribution is 2.25. The fourth-order valence-corrected chi connectivity index (χ4v) is 4.50. The Kier molecular flexibility index (Phi) is 7.32. The van der Waals surface area contributed by atoms with Crippen LogP contribution in [0.4, 0.5) is 5.69 Å². The fraction of sp³-hybridized carbons (Fsp3) is 0.263. The molecule has 8 nitrogen and oxygen atoms in total. The Balaban J connectivity index is 1.64. The molecule has 0 bridgehead atoms. The van der Waals surface area contributed by atoms with Crippen LogP contribution in [0.3, 0.4) is 0 Å². The Morgan fingerprint density at radius 2 is 1.83 bits per heavy atom. The van der Waals surface area contributed by atoms with E-state index in [-0.39, 0.29) is 34.3 Å². The molecule has 1 N–H and O–H groups in total. The van der Waals surface area contributed by atoms with E-state index in [1.165, 1.54) is 40.7 Å². The fourth-order valence-electron chi connectivity index (χ4n) is 2.71. The van der Waals surface area contributed by atoms with Gasteiger partial charge < -0.3 is 14.8 Å². The zero-order chi connectivity index (χ0) is 21.7. The molecule has 1 fully saturated rings. The van der Waals surface area contributed by atoms with E-state index in [0.717, 1.165) is 0 Å². The number of halogens is 2. The number of rotatable bonds is 6. The van der Waals surface area contributed by atoms with Crippen LogP contribution in [0, 0.1) is 0 Å². The summed E-state index contributed by atoms with van der Waals surface area (Å²) in [4.78, 5) is 24.3. The summed E-state index contributed by atoms with van der Waals surface area (Å²) < 4.78 is 36.9. The smallest absolute Gasteiger partial charge is 0.338 e. The number of benzene rings is 2. The highest BCUT2D eigenvalue weighted by Gasteiger charge is 2.27. The number of ether oxygens (including phenoxy) is 2. The summed E-state index contributed by atoms with van der Waals surface area (Å²) in [5.74, 6) is -1.45. The van der Waals surface area contributed by atoms with Gasteiger partial charge in [0.2, 0.25) is 10.0 Å². The second kappa shape index (κ2) is 9.76. The standard InChI is InChI=1S/C19H18Cl2N2O6S/c20-14-4-5-16(21)17(11-14)22-18(24)12-29-19(25)13-2-1-3-15(10-13)30(26,27)23-6-8-28-9-7-23/h1-5,10-11H,6-9,12H2,(H,22,24). The summed E-state index contributed by atoms with van der Waals surface area (Å²) in [7, 11) is -3.76. The van der Waals surface area contributed by atoms with Crippen molar-refractivity contribution in [2.24, 2.45) is 0 Å². The minimum absolute atomic E-state index is 0.0120. The van der Waals surface area contributed by atoms with Gasteiger partial charge in [-0.05, 0) is 36.4 Å². The third-order valence-electron chi connectivity index (χ3n) is 4.21. The molecule has 2 aromatic carbocycles. The van der Waals surface area contributed by atoms with Gasteiger partial charge in [-0.25, -0.2) is 13.2 Å². The number of sulfonamides is 1. The maximum Gasteiger partial charge on any atom is 0.338 e. The van der Waals surface area contributed by atoms with Crippen molar-refractivity contribution in [2.45, 2.75) is 4.90 Å². The molecule has 2 aromatic rings. The number of nitrogens with one attached hydrogen (secondary N) is 1. The summed E-state index contributed by atoms with van der Waals surface area (Å²) in [6, 6.07) is 10.0. The molecule has 3 rings (SSSR count). The number of carbonyl (C=O) groups is 2. The van der Waals surface area contributed by atoms with Crippen molar-refractivity contribution in [3.8, 4) is 0 Å². The van der Waals surface area contributed by atoms with E-state index < -0.39 is 28.5 Å². The quantitative estimate of drug-likeness (QED) is 0.648. The lowest BCUT2D eigenvalue weighted by Gasteiger charge is -2.26. The van der Waals surface area contributed by atoms with Gasteiger partial charge in [0, 0.05) is 18.1 Å². The molecular formula is C19H18Cl2N2O6S. The SMILES string of the molecule is O=C(COC(=O)c1cccc(S(=O)(=O)N2CCOCC2)c1)Nc1cc(Cl)ccc1Cl. The summed E-state index contributed by atoms with van der Waals surface area (Å²) in [6.45, 7) is 0.522. The van der Waals surface area contributed by atoms with Crippen LogP contribution in [0.25, 0.3) is 0 Å². The zero-order valence-corrected chi connectivity index (χ0v) is 18.0. The maximum atomic E-state index is 12.7. The molecule has 160 valence electrons. The van der Waals surface area contributed by atoms with Gasteiger partial charge in [0.1, 0.15) is 0 Å². The van der Waals surface area contributed by atoms with Crippen LogP contribution in [-0.4, -0.2) is 57.5 Å². The van der Waals surface area contributed by atoms with Crippen molar-refractivity contribution in [1.29, 1.82) is 0 Å². The van der Waals surface area contributed by atoms with Crippen LogP contribution in [0.5, 0.6) is 0 Å². The molecule has 1 heterocycles. The number of hydrogen-bond donors (Lipinski definition) is 1. The van der Waals surface area contributed by atoms with E-state index in [1.54, 1.807) is 6.07 Å². The first-order valence-electron chi connectivity index (χ1n) is 8.87. The van der Waals surface area contributed by atoms with E-state index in [2.05, 4.69) is 5.32 Å². The topological polar surface area (TPSA) is 102 Å². The molecule has 0 aliphatic carbocycles. The highest BCUT2D eigenvalue weighted by molar-refractivity contribution is 7.89. The lowest BCUT2D eigenvalue weighted by Crippen LogP contribution is -2.40. The summed E-state index contributed by atoms with van der Waals surface area (Å²) in [6.07, 6.45) is 0. The minimum Gasteiger partial charge on any atom is -0.452 e. The van der Waals surface area contributed by atoms with Crippen molar-refractivity contribution in [2.75, 3.05) is 38.2 Å². The molecule has 0 unspecified atom stereocenters. The number of esters is 1. The lowest BCUT2D eigenvalue weighted by molar-refractivity contribution is -0.119. The average Bonchev–Trinajstić information content (AvgIpc) is 2.75. The molecule has 0 spiro atoms. The predicted molar refractivity (Wildman–Crippen MR) is 111 cm³/mol. The number of anilines is 1. The van der Waals surface area contributed by atoms with Gasteiger partial charge in [0.05, 0.1) is 34.4 Å². The van der Waals surface area contributed by atoms with Crippen LogP contribution < -0.4 is 5.32 Å². The van der Waals surface area contributed by atoms with E-state index in [0.29, 0.717) is 18.2 Å². The van der Waals surface area contributed by atoms with Gasteiger partial charge in [-0.2, -0.15) is 4.31 Å². The van der Waals surface area contributed by atoms with Crippen LogP contribution >= 0.6 is 23.2 Å². The van der Waals surface area contributed by atoms with Crippen molar-refractivity contribution in [3.63, 3.8) is 0 Å². The Labute approximate surface area is 183 Å². The summed E-state index contributed by atoms with van der Waals surface area (Å²) >= 11 is 11.8. The first kappa shape index (κ1) is 22.5. The average molecular weight is 473 g/mol. The van der Waals surface area contributed by atoms with Crippen LogP contribution in [0.15, 0.2) is 47.4 Å². The Hall–Kier alpha value is -2.17. The van der Waals surface area contributed by atoms with Crippen molar-refractivity contribution in [3.05, 3.63) is 58.1 Å². The Bertz CT molecular complexity index is 1050. The first-order valence-corrected chi connectivity index (χ1v) is 11.1. The molecule has 1 aliphatic heterocycles. The minimum atomic E-state index is -3.76. The molecule has 0 aromatic heterocycles. The number of amides is 1. The first-order chi connectivity index (χ1) is 14.3. The number of morpholine rings is 1. The molecule has 30 heavy (non-hydrogen) atoms. The molecule has 0 radical (unpaired) electrons. The van der Waals surface area contributed by atoms with E-state index in [1.807, 2.05) is 0 Å². The second-order valence-electron chi connectivity index (χ2n) is 6.29. The lowest BCUT2D eigenvalue weighted by atomic mass is 10.2. The molecule has 0 atom stereocenters. The van der Waals surface area contributed by atoms with Gasteiger partial charge in [0.15, 0.2) is 6.61 Å². The molecule has 0 saturated carbocycles. The molecule has 1 aliphatic rings. The van der Waals surface area contributed by atoms with Crippen molar-refractivity contribution >= 4 is 50.8 Å². The van der Waals surface area contributed by atoms with Gasteiger partial charge in [0.25, 0.3) is 5.91 Å². The molecular weight excluding hydrogens is 455 g/mol. The van der Waals surface area contributed by atoms with E-state index >= 15 is 0 Å². The van der Waals surface area contributed by atoms with Gasteiger partial charge >= 0.3 is 5.97 Å². The molecule has 11 heteroatoms. The summed E-state index contributed by atoms with van der Waals surface area (Å²) in [5, 5.41) is 3.15.